The van der Waals surface area contributed by atoms with E-state index in [1.165, 1.54) is 42.6 Å². The average molecular weight is 525 g/mol. The SMILES string of the molecule is CNc1cc2ccn(-c3ccc(NC(=O)NS(=O)(=O)c4ccc(Cl)s4)cc3F)c(=O)c2cc1F. The first-order valence-electron chi connectivity index (χ1n) is 9.51. The lowest BCUT2D eigenvalue weighted by Gasteiger charge is -2.12. The fraction of sp³-hybridized carbons (Fsp3) is 0.0476. The van der Waals surface area contributed by atoms with Crippen LogP contribution in [0.2, 0.25) is 4.34 Å². The first-order chi connectivity index (χ1) is 16.1. The first-order valence-corrected chi connectivity index (χ1v) is 12.2. The molecule has 2 aromatic heterocycles. The number of rotatable bonds is 5. The van der Waals surface area contributed by atoms with Crippen LogP contribution in [0.25, 0.3) is 16.5 Å². The van der Waals surface area contributed by atoms with Crippen LogP contribution in [0, 0.1) is 11.6 Å². The van der Waals surface area contributed by atoms with Crippen molar-refractivity contribution in [3.63, 3.8) is 0 Å². The normalized spacial score (nSPS) is 11.4. The molecule has 0 saturated heterocycles. The molecule has 0 bridgehead atoms. The number of halogens is 3. The molecular weight excluding hydrogens is 510 g/mol. The molecule has 8 nitrogen and oxygen atoms in total. The summed E-state index contributed by atoms with van der Waals surface area (Å²) < 4.78 is 56.2. The third-order valence-electron chi connectivity index (χ3n) is 4.77. The van der Waals surface area contributed by atoms with Crippen molar-refractivity contribution in [3.05, 3.63) is 81.1 Å². The Hall–Kier alpha value is -3.48. The van der Waals surface area contributed by atoms with Gasteiger partial charge in [-0.05, 0) is 53.9 Å². The molecule has 34 heavy (non-hydrogen) atoms. The van der Waals surface area contributed by atoms with Crippen LogP contribution < -0.4 is 20.9 Å². The number of carbonyl (C=O) groups excluding carboxylic acids is 1. The minimum absolute atomic E-state index is 0.0545. The van der Waals surface area contributed by atoms with Crippen LogP contribution in [0.1, 0.15) is 0 Å². The summed E-state index contributed by atoms with van der Waals surface area (Å²) in [4.78, 5) is 25.0. The van der Waals surface area contributed by atoms with E-state index in [-0.39, 0.29) is 31.0 Å². The standard InChI is InChI=1S/C21H15ClF2N4O4S2/c1-25-16-8-11-6-7-28(20(29)13(11)10-14(16)23)17-3-2-12(9-15(17)24)26-21(30)27-34(31,32)19-5-4-18(22)33-19/h2-10,25H,1H3,(H2,26,27,30). The van der Waals surface area contributed by atoms with Gasteiger partial charge in [-0.25, -0.2) is 26.7 Å². The van der Waals surface area contributed by atoms with Gasteiger partial charge in [-0.1, -0.05) is 11.6 Å². The molecule has 0 aliphatic carbocycles. The van der Waals surface area contributed by atoms with Crippen molar-refractivity contribution < 1.29 is 22.0 Å². The summed E-state index contributed by atoms with van der Waals surface area (Å²) in [6, 6.07) is 9.01. The number of thiophene rings is 1. The first kappa shape index (κ1) is 23.7. The number of urea groups is 1. The van der Waals surface area contributed by atoms with Gasteiger partial charge in [0.25, 0.3) is 15.6 Å². The maximum Gasteiger partial charge on any atom is 0.333 e. The van der Waals surface area contributed by atoms with Crippen LogP contribution in [0.3, 0.4) is 0 Å². The summed E-state index contributed by atoms with van der Waals surface area (Å²) in [6.45, 7) is 0. The van der Waals surface area contributed by atoms with E-state index in [9.17, 15) is 26.8 Å². The Balaban J connectivity index is 1.59. The van der Waals surface area contributed by atoms with E-state index in [2.05, 4.69) is 10.6 Å². The Kier molecular flexibility index (Phi) is 6.30. The molecule has 176 valence electrons. The van der Waals surface area contributed by atoms with E-state index in [4.69, 9.17) is 11.6 Å². The summed E-state index contributed by atoms with van der Waals surface area (Å²) in [5, 5.41) is 5.42. The number of nitrogens with zero attached hydrogens (tertiary/aromatic N) is 1. The number of amides is 2. The van der Waals surface area contributed by atoms with Crippen LogP contribution in [0.15, 0.2) is 63.7 Å². The smallest absolute Gasteiger partial charge is 0.333 e. The van der Waals surface area contributed by atoms with E-state index in [1.54, 1.807) is 11.8 Å². The lowest BCUT2D eigenvalue weighted by atomic mass is 10.1. The number of hydrogen-bond acceptors (Lipinski definition) is 6. The van der Waals surface area contributed by atoms with E-state index in [0.717, 1.165) is 28.0 Å². The Labute approximate surface area is 200 Å². The van der Waals surface area contributed by atoms with E-state index >= 15 is 0 Å². The zero-order chi connectivity index (χ0) is 24.6. The number of hydrogen-bond donors (Lipinski definition) is 3. The Morgan fingerprint density at radius 1 is 1.06 bits per heavy atom. The lowest BCUT2D eigenvalue weighted by molar-refractivity contribution is 0.256. The van der Waals surface area contributed by atoms with Crippen molar-refractivity contribution in [2.45, 2.75) is 4.21 Å². The molecule has 0 atom stereocenters. The molecule has 2 aromatic carbocycles. The van der Waals surface area contributed by atoms with E-state index in [0.29, 0.717) is 5.39 Å². The van der Waals surface area contributed by atoms with Gasteiger partial charge < -0.3 is 10.6 Å². The second kappa shape index (κ2) is 9.05. The van der Waals surface area contributed by atoms with Crippen molar-refractivity contribution in [2.24, 2.45) is 0 Å². The molecule has 4 rings (SSSR count). The summed E-state index contributed by atoms with van der Waals surface area (Å²) in [6.07, 6.45) is 1.35. The fourth-order valence-corrected chi connectivity index (χ4v) is 5.59. The molecule has 0 aliphatic heterocycles. The van der Waals surface area contributed by atoms with Gasteiger partial charge in [-0.15, -0.1) is 11.3 Å². The summed E-state index contributed by atoms with van der Waals surface area (Å²) in [7, 11) is -2.61. The number of sulfonamides is 1. The van der Waals surface area contributed by atoms with Gasteiger partial charge in [0.05, 0.1) is 21.1 Å². The predicted molar refractivity (Wildman–Crippen MR) is 128 cm³/mol. The maximum absolute atomic E-state index is 14.8. The number of pyridine rings is 1. The molecule has 0 spiro atoms. The largest absolute Gasteiger partial charge is 0.386 e. The second-order valence-electron chi connectivity index (χ2n) is 6.94. The minimum atomic E-state index is -4.16. The fourth-order valence-electron chi connectivity index (χ4n) is 3.20. The van der Waals surface area contributed by atoms with Crippen molar-refractivity contribution >= 4 is 61.1 Å². The van der Waals surface area contributed by atoms with Crippen molar-refractivity contribution in [1.82, 2.24) is 9.29 Å². The van der Waals surface area contributed by atoms with Gasteiger partial charge in [0.15, 0.2) is 0 Å². The molecule has 0 radical (unpaired) electrons. The van der Waals surface area contributed by atoms with Gasteiger partial charge in [0.1, 0.15) is 15.8 Å². The van der Waals surface area contributed by atoms with Crippen LogP contribution in [-0.2, 0) is 10.0 Å². The van der Waals surface area contributed by atoms with Gasteiger partial charge in [0, 0.05) is 18.9 Å². The third kappa shape index (κ3) is 4.60. The molecule has 3 N–H and O–H groups in total. The van der Waals surface area contributed by atoms with Gasteiger partial charge in [0.2, 0.25) is 0 Å². The summed E-state index contributed by atoms with van der Waals surface area (Å²) in [5.74, 6) is -1.50. The molecule has 0 saturated carbocycles. The molecule has 0 unspecified atom stereocenters. The highest BCUT2D eigenvalue weighted by Gasteiger charge is 2.20. The van der Waals surface area contributed by atoms with Crippen LogP contribution in [0.5, 0.6) is 0 Å². The van der Waals surface area contributed by atoms with Crippen molar-refractivity contribution in [3.8, 4) is 5.69 Å². The Morgan fingerprint density at radius 2 is 1.82 bits per heavy atom. The molecule has 13 heteroatoms. The lowest BCUT2D eigenvalue weighted by Crippen LogP contribution is -2.34. The number of aromatic nitrogens is 1. The van der Waals surface area contributed by atoms with Crippen LogP contribution in [-0.4, -0.2) is 26.1 Å². The third-order valence-corrected chi connectivity index (χ3v) is 7.82. The quantitative estimate of drug-likeness (QED) is 0.355. The maximum atomic E-state index is 14.8. The topological polar surface area (TPSA) is 109 Å². The molecule has 2 heterocycles. The highest BCUT2D eigenvalue weighted by atomic mass is 35.5. The number of nitrogens with one attached hydrogen (secondary N) is 3. The van der Waals surface area contributed by atoms with Gasteiger partial charge in [-0.3, -0.25) is 9.36 Å². The van der Waals surface area contributed by atoms with E-state index < -0.39 is 33.2 Å². The number of fused-ring (bicyclic) bond motifs is 1. The second-order valence-corrected chi connectivity index (χ2v) is 10.6. The zero-order valence-corrected chi connectivity index (χ0v) is 19.6. The van der Waals surface area contributed by atoms with Crippen molar-refractivity contribution in [2.75, 3.05) is 17.7 Å². The van der Waals surface area contributed by atoms with Gasteiger partial charge >= 0.3 is 6.03 Å². The number of benzene rings is 2. The highest BCUT2D eigenvalue weighted by molar-refractivity contribution is 7.92. The van der Waals surface area contributed by atoms with Crippen molar-refractivity contribution in [1.29, 1.82) is 0 Å². The molecule has 0 fully saturated rings. The number of anilines is 2. The molecular formula is C21H15ClF2N4O4S2. The predicted octanol–water partition coefficient (Wildman–Crippen LogP) is 4.54. The van der Waals surface area contributed by atoms with Crippen LogP contribution >= 0.6 is 22.9 Å². The zero-order valence-electron chi connectivity index (χ0n) is 17.2. The Morgan fingerprint density at radius 3 is 2.47 bits per heavy atom. The van der Waals surface area contributed by atoms with Gasteiger partial charge in [-0.2, -0.15) is 0 Å². The van der Waals surface area contributed by atoms with E-state index in [1.807, 2.05) is 0 Å². The average Bonchev–Trinajstić information content (AvgIpc) is 3.22. The molecule has 0 aliphatic rings. The summed E-state index contributed by atoms with van der Waals surface area (Å²) in [5.41, 5.74) is -0.626. The Bertz CT molecular complexity index is 1600. The summed E-state index contributed by atoms with van der Waals surface area (Å²) >= 11 is 6.48. The molecule has 2 amide bonds. The molecule has 4 aromatic rings. The van der Waals surface area contributed by atoms with Crippen LogP contribution in [0.4, 0.5) is 25.0 Å². The highest BCUT2D eigenvalue weighted by Crippen LogP contribution is 2.26. The monoisotopic (exact) mass is 524 g/mol. The minimum Gasteiger partial charge on any atom is -0.386 e. The number of carbonyl (C=O) groups is 1.